The van der Waals surface area contributed by atoms with Crippen molar-refractivity contribution >= 4 is 65.4 Å². The Labute approximate surface area is 481 Å². The molecule has 0 spiro atoms. The third-order valence-electron chi connectivity index (χ3n) is 16.8. The molecule has 0 N–H and O–H groups in total. The molecule has 0 fully saturated rings. The van der Waals surface area contributed by atoms with E-state index in [9.17, 15) is 0 Å². The molecule has 0 saturated heterocycles. The molecule has 0 aliphatic heterocycles. The van der Waals surface area contributed by atoms with Crippen molar-refractivity contribution in [1.29, 1.82) is 0 Å². The molecule has 3 heterocycles. The molecule has 83 heavy (non-hydrogen) atoms. The van der Waals surface area contributed by atoms with E-state index < -0.39 is 5.41 Å². The second-order valence-corrected chi connectivity index (χ2v) is 21.7. The summed E-state index contributed by atoms with van der Waals surface area (Å²) in [7, 11) is 0. The fraction of sp³-hybridized carbons (Fsp3) is 0.0649. The normalized spacial score (nSPS) is 11.8. The van der Waals surface area contributed by atoms with E-state index in [-0.39, 0.29) is 0 Å². The van der Waals surface area contributed by atoms with Gasteiger partial charge in [-0.05, 0) is 149 Å². The Morgan fingerprint density at radius 2 is 0.446 bits per heavy atom. The number of fused-ring (bicyclic) bond motifs is 9. The predicted molar refractivity (Wildman–Crippen MR) is 340 cm³/mol. The van der Waals surface area contributed by atoms with Gasteiger partial charge >= 0.3 is 0 Å². The van der Waals surface area contributed by atoms with Gasteiger partial charge in [-0.1, -0.05) is 182 Å². The first kappa shape index (κ1) is 49.5. The summed E-state index contributed by atoms with van der Waals surface area (Å²) in [6.45, 7) is 3.64. The van der Waals surface area contributed by atoms with Crippen LogP contribution in [0.5, 0.6) is 17.2 Å². The van der Waals surface area contributed by atoms with E-state index in [2.05, 4.69) is 312 Å². The Balaban J connectivity index is 0.668. The van der Waals surface area contributed by atoms with Crippen molar-refractivity contribution in [3.8, 4) is 34.3 Å². The molecule has 0 aliphatic rings. The summed E-state index contributed by atoms with van der Waals surface area (Å²) in [6, 6.07) is 104. The molecule has 0 aliphatic carbocycles. The molecule has 0 saturated carbocycles. The number of ether oxygens (including phenoxy) is 3. The lowest BCUT2D eigenvalue weighted by Gasteiger charge is -2.32. The van der Waals surface area contributed by atoms with E-state index in [1.807, 2.05) is 0 Å². The average Bonchev–Trinajstić information content (AvgIpc) is 4.18. The predicted octanol–water partition coefficient (Wildman–Crippen LogP) is 19.1. The minimum Gasteiger partial charge on any atom is -0.489 e. The van der Waals surface area contributed by atoms with Crippen molar-refractivity contribution in [2.24, 2.45) is 0 Å². The van der Waals surface area contributed by atoms with E-state index in [1.54, 1.807) is 0 Å². The van der Waals surface area contributed by atoms with Gasteiger partial charge in [0.25, 0.3) is 0 Å². The van der Waals surface area contributed by atoms with Crippen LogP contribution >= 0.6 is 0 Å². The Morgan fingerprint density at radius 3 is 0.663 bits per heavy atom. The summed E-state index contributed by atoms with van der Waals surface area (Å²) in [4.78, 5) is 0. The van der Waals surface area contributed by atoms with Gasteiger partial charge in [0, 0.05) is 54.8 Å². The van der Waals surface area contributed by atoms with E-state index in [0.717, 1.165) is 67.7 Å². The monoisotopic (exact) mass is 1070 g/mol. The van der Waals surface area contributed by atoms with Crippen LogP contribution in [0.4, 0.5) is 0 Å². The SMILES string of the molecule is CC(c1ccc(OCc2ccc(-n3c4ccccc4c4ccccc43)cc2)cc1)(c1ccc(OCc2ccc(-n3c4ccccc4c4ccccc43)cc2)cc1)c1ccc(OCc2ccc(-n3c4ccccc4c4ccccc43)cc2)cc1. The molecule has 15 aromatic rings. The fourth-order valence-electron chi connectivity index (χ4n) is 12.5. The minimum absolute atomic E-state index is 0.449. The smallest absolute Gasteiger partial charge is 0.119 e. The maximum absolute atomic E-state index is 6.48. The number of hydrogen-bond acceptors (Lipinski definition) is 3. The van der Waals surface area contributed by atoms with Crippen LogP contribution in [0.15, 0.2) is 291 Å². The van der Waals surface area contributed by atoms with Crippen molar-refractivity contribution in [3.05, 3.63) is 325 Å². The lowest BCUT2D eigenvalue weighted by Crippen LogP contribution is -2.25. The molecule has 0 atom stereocenters. The second-order valence-electron chi connectivity index (χ2n) is 21.7. The van der Waals surface area contributed by atoms with Gasteiger partial charge in [-0.15, -0.1) is 0 Å². The van der Waals surface area contributed by atoms with Crippen LogP contribution in [-0.2, 0) is 25.2 Å². The van der Waals surface area contributed by atoms with Crippen molar-refractivity contribution in [2.45, 2.75) is 32.2 Å². The molecule has 3 aromatic heterocycles. The molecule has 6 heteroatoms. The third kappa shape index (κ3) is 8.93. The maximum Gasteiger partial charge on any atom is 0.119 e. The fourth-order valence-corrected chi connectivity index (χ4v) is 12.5. The van der Waals surface area contributed by atoms with Crippen molar-refractivity contribution in [1.82, 2.24) is 13.7 Å². The first-order valence-corrected chi connectivity index (χ1v) is 28.4. The van der Waals surface area contributed by atoms with Gasteiger partial charge in [-0.25, -0.2) is 0 Å². The van der Waals surface area contributed by atoms with Crippen LogP contribution in [0.25, 0.3) is 82.5 Å². The molecule has 0 amide bonds. The number of benzene rings is 12. The van der Waals surface area contributed by atoms with Gasteiger partial charge in [0.15, 0.2) is 0 Å². The highest BCUT2D eigenvalue weighted by atomic mass is 16.5. The van der Waals surface area contributed by atoms with E-state index >= 15 is 0 Å². The standard InChI is InChI=1S/C77H57N3O3/c1-77(56-32-44-62(45-33-56)81-50-53-26-38-59(39-27-53)78-71-20-8-2-14-65(71)66-15-3-9-21-72(66)78,57-34-46-63(47-35-57)82-51-54-28-40-60(41-29-54)79-73-22-10-4-16-67(73)68-17-5-11-23-74(68)79)58-36-48-64(49-37-58)83-52-55-30-42-61(43-31-55)80-75-24-12-6-18-69(75)70-19-7-13-25-76(70)80/h2-49H,50-52H2,1H3. The van der Waals surface area contributed by atoms with Crippen molar-refractivity contribution in [3.63, 3.8) is 0 Å². The molecular formula is C77H57N3O3. The highest BCUT2D eigenvalue weighted by Crippen LogP contribution is 2.42. The average molecular weight is 1070 g/mol. The second kappa shape index (κ2) is 20.8. The number of para-hydroxylation sites is 6. The van der Waals surface area contributed by atoms with Crippen LogP contribution in [0.2, 0.25) is 0 Å². The zero-order chi connectivity index (χ0) is 55.3. The molecule has 0 radical (unpaired) electrons. The van der Waals surface area contributed by atoms with Crippen LogP contribution in [0.3, 0.4) is 0 Å². The highest BCUT2D eigenvalue weighted by molar-refractivity contribution is 6.11. The van der Waals surface area contributed by atoms with Gasteiger partial charge in [0.05, 0.1) is 33.1 Å². The lowest BCUT2D eigenvalue weighted by molar-refractivity contribution is 0.306. The third-order valence-corrected chi connectivity index (χ3v) is 16.8. The molecule has 0 unspecified atom stereocenters. The van der Waals surface area contributed by atoms with Gasteiger partial charge in [0.1, 0.15) is 37.1 Å². The van der Waals surface area contributed by atoms with Crippen molar-refractivity contribution < 1.29 is 14.2 Å². The summed E-state index contributed by atoms with van der Waals surface area (Å²) >= 11 is 0. The number of nitrogens with zero attached hydrogens (tertiary/aromatic N) is 3. The summed E-state index contributed by atoms with van der Waals surface area (Å²) in [5.74, 6) is 2.42. The Kier molecular flexibility index (Phi) is 12.4. The molecular weight excluding hydrogens is 1010 g/mol. The van der Waals surface area contributed by atoms with E-state index in [1.165, 1.54) is 65.4 Å². The number of aromatic nitrogens is 3. The zero-order valence-corrected chi connectivity index (χ0v) is 45.9. The zero-order valence-electron chi connectivity index (χ0n) is 45.9. The summed E-state index contributed by atoms with van der Waals surface area (Å²) in [5, 5.41) is 7.51. The lowest BCUT2D eigenvalue weighted by atomic mass is 9.71. The Morgan fingerprint density at radius 1 is 0.241 bits per heavy atom. The van der Waals surface area contributed by atoms with E-state index in [4.69, 9.17) is 14.2 Å². The number of hydrogen-bond donors (Lipinski definition) is 0. The van der Waals surface area contributed by atoms with Gasteiger partial charge in [0.2, 0.25) is 0 Å². The van der Waals surface area contributed by atoms with Crippen LogP contribution in [-0.4, -0.2) is 13.7 Å². The molecule has 6 nitrogen and oxygen atoms in total. The molecule has 0 bridgehead atoms. The topological polar surface area (TPSA) is 42.5 Å². The van der Waals surface area contributed by atoms with Gasteiger partial charge < -0.3 is 27.9 Å². The Hall–Kier alpha value is -10.6. The molecule has 398 valence electrons. The first-order chi connectivity index (χ1) is 41.0. The summed E-state index contributed by atoms with van der Waals surface area (Å²) < 4.78 is 26.5. The summed E-state index contributed by atoms with van der Waals surface area (Å²) in [6.07, 6.45) is 0. The largest absolute Gasteiger partial charge is 0.489 e. The Bertz CT molecular complexity index is 4170. The van der Waals surface area contributed by atoms with Crippen LogP contribution in [0.1, 0.15) is 40.3 Å². The molecule has 15 rings (SSSR count). The first-order valence-electron chi connectivity index (χ1n) is 28.4. The maximum atomic E-state index is 6.48. The number of rotatable bonds is 15. The summed E-state index contributed by atoms with van der Waals surface area (Å²) in [5.41, 5.74) is 16.7. The quantitative estimate of drug-likeness (QED) is 0.0961. The highest BCUT2D eigenvalue weighted by Gasteiger charge is 2.32. The van der Waals surface area contributed by atoms with E-state index in [0.29, 0.717) is 19.8 Å². The van der Waals surface area contributed by atoms with Gasteiger partial charge in [-0.2, -0.15) is 0 Å². The minimum atomic E-state index is -0.538. The van der Waals surface area contributed by atoms with Crippen LogP contribution < -0.4 is 14.2 Å². The van der Waals surface area contributed by atoms with Crippen LogP contribution in [0, 0.1) is 0 Å². The van der Waals surface area contributed by atoms with Gasteiger partial charge in [-0.3, -0.25) is 0 Å². The van der Waals surface area contributed by atoms with Crippen molar-refractivity contribution in [2.75, 3.05) is 0 Å². The molecule has 12 aromatic carbocycles.